The Balaban J connectivity index is 0.000000686. The van der Waals surface area contributed by atoms with Gasteiger partial charge < -0.3 is 0 Å². The summed E-state index contributed by atoms with van der Waals surface area (Å²) in [5, 5.41) is 0. The van der Waals surface area contributed by atoms with E-state index in [0.717, 1.165) is 0 Å². The molecule has 0 atom stereocenters. The Morgan fingerprint density at radius 3 is 1.65 bits per heavy atom. The fraction of sp³-hybridized carbons (Fsp3) is 0.412. The molecule has 1 aliphatic rings. The highest BCUT2D eigenvalue weighted by molar-refractivity contribution is 5.68. The minimum atomic E-state index is 0.180. The zero-order valence-corrected chi connectivity index (χ0v) is 11.7. The topological polar surface area (TPSA) is 0 Å². The summed E-state index contributed by atoms with van der Waals surface area (Å²) in [6.45, 7) is 10.8. The van der Waals surface area contributed by atoms with E-state index in [4.69, 9.17) is 0 Å². The summed E-state index contributed by atoms with van der Waals surface area (Å²) >= 11 is 0. The van der Waals surface area contributed by atoms with Crippen molar-refractivity contribution in [2.75, 3.05) is 0 Å². The van der Waals surface area contributed by atoms with Gasteiger partial charge in [0, 0.05) is 5.41 Å². The van der Waals surface area contributed by atoms with Crippen LogP contribution in [0.5, 0.6) is 0 Å². The average molecular weight is 228 g/mol. The zero-order valence-electron chi connectivity index (χ0n) is 11.7. The van der Waals surface area contributed by atoms with Gasteiger partial charge in [0.2, 0.25) is 0 Å². The second-order valence-corrected chi connectivity index (χ2v) is 4.82. The number of benzene rings is 1. The molecule has 2 rings (SSSR count). The third kappa shape index (κ3) is 3.09. The Hall–Kier alpha value is -1.30. The van der Waals surface area contributed by atoms with Gasteiger partial charge in [-0.1, -0.05) is 83.2 Å². The van der Waals surface area contributed by atoms with Crippen LogP contribution < -0.4 is 0 Å². The average Bonchev–Trinajstić information content (AvgIpc) is 2.53. The normalized spacial score (nSPS) is 15.9. The van der Waals surface area contributed by atoms with Gasteiger partial charge in [0.25, 0.3) is 0 Å². The molecule has 0 N–H and O–H groups in total. The van der Waals surface area contributed by atoms with Crippen LogP contribution >= 0.6 is 0 Å². The molecule has 0 aromatic heterocycles. The van der Waals surface area contributed by atoms with Crippen molar-refractivity contribution >= 4 is 12.2 Å². The Kier molecular flexibility index (Phi) is 4.74. The predicted octanol–water partition coefficient (Wildman–Crippen LogP) is 5.42. The number of allylic oxidation sites excluding steroid dienone is 2. The second kappa shape index (κ2) is 5.86. The summed E-state index contributed by atoms with van der Waals surface area (Å²) in [6.07, 6.45) is 9.13. The molecule has 0 nitrogen and oxygen atoms in total. The highest BCUT2D eigenvalue weighted by Gasteiger charge is 2.22. The SMILES string of the molecule is CC.CC(C)C1(C)C=Cc2ccccc2C=C1. The van der Waals surface area contributed by atoms with Crippen molar-refractivity contribution in [2.45, 2.75) is 34.6 Å². The van der Waals surface area contributed by atoms with Crippen molar-refractivity contribution in [1.82, 2.24) is 0 Å². The van der Waals surface area contributed by atoms with E-state index >= 15 is 0 Å². The van der Waals surface area contributed by atoms with Crippen LogP contribution in [-0.4, -0.2) is 0 Å². The molecule has 0 fully saturated rings. The number of rotatable bonds is 1. The molecule has 0 heterocycles. The van der Waals surface area contributed by atoms with Gasteiger partial charge in [0.05, 0.1) is 0 Å². The first-order chi connectivity index (χ1) is 8.12. The lowest BCUT2D eigenvalue weighted by Gasteiger charge is -2.26. The van der Waals surface area contributed by atoms with Crippen LogP contribution in [0, 0.1) is 11.3 Å². The van der Waals surface area contributed by atoms with Crippen LogP contribution in [0.4, 0.5) is 0 Å². The Morgan fingerprint density at radius 1 is 0.882 bits per heavy atom. The Labute approximate surface area is 106 Å². The predicted molar refractivity (Wildman–Crippen MR) is 78.8 cm³/mol. The Bertz CT molecular complexity index is 375. The summed E-state index contributed by atoms with van der Waals surface area (Å²) in [5.74, 6) is 0.624. The molecule has 0 heteroatoms. The largest absolute Gasteiger partial charge is 0.0739 e. The molecule has 1 aromatic rings. The van der Waals surface area contributed by atoms with Crippen LogP contribution in [0.1, 0.15) is 45.7 Å². The minimum absolute atomic E-state index is 0.180. The molecule has 0 amide bonds. The van der Waals surface area contributed by atoms with Crippen LogP contribution in [0.2, 0.25) is 0 Å². The third-order valence-electron chi connectivity index (χ3n) is 3.48. The van der Waals surface area contributed by atoms with Gasteiger partial charge >= 0.3 is 0 Å². The monoisotopic (exact) mass is 228 g/mol. The van der Waals surface area contributed by atoms with Crippen LogP contribution in [0.3, 0.4) is 0 Å². The molecule has 1 aliphatic carbocycles. The van der Waals surface area contributed by atoms with Crippen LogP contribution in [0.15, 0.2) is 36.4 Å². The summed E-state index contributed by atoms with van der Waals surface area (Å²) in [7, 11) is 0. The van der Waals surface area contributed by atoms with Crippen molar-refractivity contribution in [3.63, 3.8) is 0 Å². The summed E-state index contributed by atoms with van der Waals surface area (Å²) < 4.78 is 0. The van der Waals surface area contributed by atoms with E-state index in [2.05, 4.69) is 69.3 Å². The third-order valence-corrected chi connectivity index (χ3v) is 3.48. The number of fused-ring (bicyclic) bond motifs is 1. The molecule has 17 heavy (non-hydrogen) atoms. The van der Waals surface area contributed by atoms with E-state index in [1.54, 1.807) is 0 Å². The van der Waals surface area contributed by atoms with Gasteiger partial charge in [0.15, 0.2) is 0 Å². The van der Waals surface area contributed by atoms with Gasteiger partial charge in [0.1, 0.15) is 0 Å². The first-order valence-corrected chi connectivity index (χ1v) is 6.59. The van der Waals surface area contributed by atoms with E-state index in [-0.39, 0.29) is 5.41 Å². The Morgan fingerprint density at radius 2 is 1.29 bits per heavy atom. The van der Waals surface area contributed by atoms with Crippen molar-refractivity contribution in [3.8, 4) is 0 Å². The van der Waals surface area contributed by atoms with Crippen molar-refractivity contribution in [1.29, 1.82) is 0 Å². The minimum Gasteiger partial charge on any atom is -0.0739 e. The number of hydrogen-bond acceptors (Lipinski definition) is 0. The lowest BCUT2D eigenvalue weighted by Crippen LogP contribution is -2.16. The first kappa shape index (κ1) is 13.8. The standard InChI is InChI=1S/C15H18.C2H6/c1-12(2)15(3)10-8-13-6-4-5-7-14(13)9-11-15;1-2/h4-12H,1-3H3;1-2H3. The maximum absolute atomic E-state index is 2.32. The summed E-state index contributed by atoms with van der Waals surface area (Å²) in [5.41, 5.74) is 2.82. The summed E-state index contributed by atoms with van der Waals surface area (Å²) in [6, 6.07) is 8.52. The quantitative estimate of drug-likeness (QED) is 0.602. The molecule has 0 unspecified atom stereocenters. The lowest BCUT2D eigenvalue weighted by atomic mass is 9.79. The molecule has 0 saturated heterocycles. The molecule has 92 valence electrons. The van der Waals surface area contributed by atoms with Gasteiger partial charge in [-0.05, 0) is 17.0 Å². The van der Waals surface area contributed by atoms with Gasteiger partial charge in [-0.3, -0.25) is 0 Å². The van der Waals surface area contributed by atoms with E-state index in [9.17, 15) is 0 Å². The lowest BCUT2D eigenvalue weighted by molar-refractivity contribution is 0.387. The highest BCUT2D eigenvalue weighted by atomic mass is 14.3. The summed E-state index contributed by atoms with van der Waals surface area (Å²) in [4.78, 5) is 0. The van der Waals surface area contributed by atoms with E-state index in [0.29, 0.717) is 5.92 Å². The van der Waals surface area contributed by atoms with Gasteiger partial charge in [-0.15, -0.1) is 0 Å². The zero-order chi connectivity index (χ0) is 12.9. The smallest absolute Gasteiger partial charge is 0.00622 e. The molecule has 0 spiro atoms. The highest BCUT2D eigenvalue weighted by Crippen LogP contribution is 2.34. The van der Waals surface area contributed by atoms with Crippen molar-refractivity contribution < 1.29 is 0 Å². The fourth-order valence-electron chi connectivity index (χ4n) is 1.79. The van der Waals surface area contributed by atoms with Gasteiger partial charge in [-0.2, -0.15) is 0 Å². The number of hydrogen-bond donors (Lipinski definition) is 0. The maximum Gasteiger partial charge on any atom is 0.00622 e. The molecular weight excluding hydrogens is 204 g/mol. The van der Waals surface area contributed by atoms with Crippen molar-refractivity contribution in [3.05, 3.63) is 47.5 Å². The van der Waals surface area contributed by atoms with Crippen molar-refractivity contribution in [2.24, 2.45) is 11.3 Å². The first-order valence-electron chi connectivity index (χ1n) is 6.59. The van der Waals surface area contributed by atoms with E-state index in [1.807, 2.05) is 13.8 Å². The second-order valence-electron chi connectivity index (χ2n) is 4.82. The fourth-order valence-corrected chi connectivity index (χ4v) is 1.79. The maximum atomic E-state index is 2.32. The molecule has 0 radical (unpaired) electrons. The molecule has 0 bridgehead atoms. The van der Waals surface area contributed by atoms with E-state index in [1.165, 1.54) is 11.1 Å². The molecule has 0 aliphatic heterocycles. The molecule has 1 aromatic carbocycles. The van der Waals surface area contributed by atoms with Gasteiger partial charge in [-0.25, -0.2) is 0 Å². The molecular formula is C17H24. The van der Waals surface area contributed by atoms with Crippen LogP contribution in [-0.2, 0) is 0 Å². The van der Waals surface area contributed by atoms with E-state index < -0.39 is 0 Å². The van der Waals surface area contributed by atoms with Crippen LogP contribution in [0.25, 0.3) is 12.2 Å². The molecule has 0 saturated carbocycles.